The number of allylic oxidation sites excluding steroid dienone is 18. The molecule has 0 spiro atoms. The van der Waals surface area contributed by atoms with Gasteiger partial charge in [-0.15, -0.1) is 0 Å². The average Bonchev–Trinajstić information content (AvgIpc) is 3.18. The molecule has 1 unspecified atom stereocenters. The molecule has 0 aliphatic rings. The molecule has 2 atom stereocenters. The van der Waals surface area contributed by atoms with Crippen LogP contribution in [0.5, 0.6) is 0 Å². The second kappa shape index (κ2) is 38.5. The third-order valence-corrected chi connectivity index (χ3v) is 9.25. The molecule has 0 radical (unpaired) electrons. The van der Waals surface area contributed by atoms with Crippen LogP contribution in [0.2, 0.25) is 0 Å². The van der Waals surface area contributed by atoms with Gasteiger partial charge in [-0.3, -0.25) is 23.4 Å². The third-order valence-electron chi connectivity index (χ3n) is 8.26. The summed E-state index contributed by atoms with van der Waals surface area (Å²) in [6, 6.07) is 0. The van der Waals surface area contributed by atoms with Crippen molar-refractivity contribution >= 4 is 25.5 Å². The number of phosphoric acid groups is 1. The molecule has 0 aromatic heterocycles. The molecular formula is C48H77NO9P+. The molecule has 10 nitrogen and oxygen atoms in total. The number of esters is 2. The zero-order valence-electron chi connectivity index (χ0n) is 36.9. The van der Waals surface area contributed by atoms with Gasteiger partial charge < -0.3 is 18.9 Å². The normalized spacial score (nSPS) is 14.5. The summed E-state index contributed by atoms with van der Waals surface area (Å²) in [6.07, 6.45) is 48.5. The molecule has 59 heavy (non-hydrogen) atoms. The van der Waals surface area contributed by atoms with Crippen molar-refractivity contribution in [1.82, 2.24) is 0 Å². The van der Waals surface area contributed by atoms with E-state index < -0.39 is 32.5 Å². The Balaban J connectivity index is 4.63. The lowest BCUT2D eigenvalue weighted by molar-refractivity contribution is -0.870. The number of phosphoric ester groups is 1. The van der Waals surface area contributed by atoms with E-state index >= 15 is 0 Å². The minimum atomic E-state index is -4.42. The molecule has 0 saturated heterocycles. The minimum absolute atomic E-state index is 0.00414. The predicted octanol–water partition coefficient (Wildman–Crippen LogP) is 11.5. The maximum Gasteiger partial charge on any atom is 0.472 e. The van der Waals surface area contributed by atoms with Crippen molar-refractivity contribution < 1.29 is 46.8 Å². The maximum absolute atomic E-state index is 12.7. The molecule has 0 amide bonds. The van der Waals surface area contributed by atoms with Crippen LogP contribution in [0.3, 0.4) is 0 Å². The number of carbonyl (C=O) groups excluding carboxylic acids is 3. The van der Waals surface area contributed by atoms with Crippen LogP contribution in [0.25, 0.3) is 0 Å². The number of nitrogens with zero attached hydrogens (tertiary/aromatic N) is 1. The molecule has 332 valence electrons. The number of unbranched alkanes of at least 4 members (excludes halogenated alkanes) is 4. The summed E-state index contributed by atoms with van der Waals surface area (Å²) in [5, 5.41) is 0. The molecule has 0 aliphatic heterocycles. The molecule has 0 aromatic rings. The second-order valence-corrected chi connectivity index (χ2v) is 16.5. The fourth-order valence-electron chi connectivity index (χ4n) is 4.88. The monoisotopic (exact) mass is 843 g/mol. The predicted molar refractivity (Wildman–Crippen MR) is 243 cm³/mol. The standard InChI is InChI=1S/C48H76NO9P/c1-6-8-10-11-12-13-14-15-16-17-18-19-22-26-29-32-36-40-48(52)58-46(44-57-59(53,54)56-42-41-49(3,4)5)43-55-47(51)39-35-31-28-25-23-20-21-24-27-30-34-38-45(50)37-33-9-7-2/h8,10,12-13,15-16,18-21,25-30,34,38,46H,6-7,9,11,14,17,22-24,31-33,35-37,39-44H2,1-5H3/p+1/b10-8-,13-12-,16-15-,19-18-,21-20-,28-25-,29-26-,30-27-,38-34+/t46-/m1/s1. The smallest absolute Gasteiger partial charge is 0.462 e. The fourth-order valence-corrected chi connectivity index (χ4v) is 5.62. The maximum atomic E-state index is 12.7. The van der Waals surface area contributed by atoms with E-state index in [0.717, 1.165) is 64.2 Å². The van der Waals surface area contributed by atoms with Gasteiger partial charge in [0.25, 0.3) is 0 Å². The van der Waals surface area contributed by atoms with E-state index in [1.54, 1.807) is 12.2 Å². The molecule has 11 heteroatoms. The van der Waals surface area contributed by atoms with E-state index in [1.807, 2.05) is 51.5 Å². The highest BCUT2D eigenvalue weighted by Crippen LogP contribution is 2.43. The Morgan fingerprint density at radius 1 is 0.593 bits per heavy atom. The highest BCUT2D eigenvalue weighted by molar-refractivity contribution is 7.47. The minimum Gasteiger partial charge on any atom is -0.462 e. The van der Waals surface area contributed by atoms with Crippen LogP contribution in [0.15, 0.2) is 109 Å². The number of quaternary nitrogens is 1. The summed E-state index contributed by atoms with van der Waals surface area (Å²) in [5.41, 5.74) is 0. The zero-order valence-corrected chi connectivity index (χ0v) is 37.8. The Kier molecular flexibility index (Phi) is 36.1. The first-order chi connectivity index (χ1) is 28.4. The molecule has 0 aromatic carbocycles. The molecular weight excluding hydrogens is 766 g/mol. The summed E-state index contributed by atoms with van der Waals surface area (Å²) >= 11 is 0. The van der Waals surface area contributed by atoms with Gasteiger partial charge in [0.15, 0.2) is 11.9 Å². The first-order valence-corrected chi connectivity index (χ1v) is 23.1. The number of hydrogen-bond acceptors (Lipinski definition) is 8. The van der Waals surface area contributed by atoms with Crippen LogP contribution in [0.1, 0.15) is 123 Å². The number of carbonyl (C=O) groups is 3. The van der Waals surface area contributed by atoms with Gasteiger partial charge in [0.05, 0.1) is 27.7 Å². The van der Waals surface area contributed by atoms with Crippen molar-refractivity contribution in [3.63, 3.8) is 0 Å². The van der Waals surface area contributed by atoms with Gasteiger partial charge in [-0.05, 0) is 83.1 Å². The van der Waals surface area contributed by atoms with Crippen LogP contribution >= 0.6 is 7.82 Å². The van der Waals surface area contributed by atoms with Crippen molar-refractivity contribution in [1.29, 1.82) is 0 Å². The molecule has 0 bridgehead atoms. The zero-order chi connectivity index (χ0) is 43.7. The topological polar surface area (TPSA) is 125 Å². The van der Waals surface area contributed by atoms with Crippen molar-refractivity contribution in [2.75, 3.05) is 47.5 Å². The van der Waals surface area contributed by atoms with Crippen LogP contribution in [-0.4, -0.2) is 80.7 Å². The lowest BCUT2D eigenvalue weighted by atomic mass is 10.1. The fraction of sp³-hybridized carbons (Fsp3) is 0.562. The average molecular weight is 843 g/mol. The van der Waals surface area contributed by atoms with Crippen molar-refractivity contribution in [2.24, 2.45) is 0 Å². The van der Waals surface area contributed by atoms with Crippen LogP contribution in [-0.2, 0) is 37.5 Å². The Morgan fingerprint density at radius 2 is 1.10 bits per heavy atom. The number of ether oxygens (including phenoxy) is 2. The van der Waals surface area contributed by atoms with Gasteiger partial charge in [0.1, 0.15) is 19.8 Å². The summed E-state index contributed by atoms with van der Waals surface area (Å²) in [4.78, 5) is 47.0. The number of likely N-dealkylation sites (N-methyl/N-ethyl adjacent to an activating group) is 1. The Bertz CT molecular complexity index is 1430. The first-order valence-electron chi connectivity index (χ1n) is 21.6. The Hall–Kier alpha value is -3.66. The third kappa shape index (κ3) is 42.3. The van der Waals surface area contributed by atoms with E-state index in [9.17, 15) is 23.8 Å². The van der Waals surface area contributed by atoms with E-state index in [1.165, 1.54) is 0 Å². The summed E-state index contributed by atoms with van der Waals surface area (Å²) in [7, 11) is 1.35. The number of ketones is 1. The lowest BCUT2D eigenvalue weighted by Gasteiger charge is -2.24. The van der Waals surface area contributed by atoms with Crippen LogP contribution in [0, 0.1) is 0 Å². The van der Waals surface area contributed by atoms with Crippen LogP contribution < -0.4 is 0 Å². The molecule has 0 fully saturated rings. The number of rotatable bonds is 37. The molecule has 1 N–H and O–H groups in total. The molecule has 0 heterocycles. The first kappa shape index (κ1) is 55.3. The number of hydrogen-bond donors (Lipinski definition) is 1. The Morgan fingerprint density at radius 3 is 1.63 bits per heavy atom. The van der Waals surface area contributed by atoms with Gasteiger partial charge in [-0.1, -0.05) is 130 Å². The summed E-state index contributed by atoms with van der Waals surface area (Å²) < 4.78 is 34.1. The molecule has 0 aliphatic carbocycles. The van der Waals surface area contributed by atoms with Gasteiger partial charge in [-0.25, -0.2) is 4.57 Å². The second-order valence-electron chi connectivity index (χ2n) is 15.0. The van der Waals surface area contributed by atoms with E-state index in [-0.39, 0.29) is 31.8 Å². The molecule has 0 saturated carbocycles. The van der Waals surface area contributed by atoms with Gasteiger partial charge >= 0.3 is 19.8 Å². The quantitative estimate of drug-likeness (QED) is 0.0124. The van der Waals surface area contributed by atoms with E-state index in [0.29, 0.717) is 43.1 Å². The summed E-state index contributed by atoms with van der Waals surface area (Å²) in [5.74, 6) is -0.815. The van der Waals surface area contributed by atoms with Gasteiger partial charge in [0, 0.05) is 19.3 Å². The highest BCUT2D eigenvalue weighted by Gasteiger charge is 2.27. The molecule has 0 rings (SSSR count). The van der Waals surface area contributed by atoms with E-state index in [2.05, 4.69) is 80.7 Å². The van der Waals surface area contributed by atoms with E-state index in [4.69, 9.17) is 18.5 Å². The SMILES string of the molecule is CC/C=C\C/C=C\C/C=C\C/C=C\C/C=C\CCCC(=O)O[C@H](COC(=O)CCC/C=C\C/C=C\C/C=C\C=C\C(=O)CCCCC)COP(=O)(O)OCC[N+](C)(C)C. The highest BCUT2D eigenvalue weighted by atomic mass is 31.2. The van der Waals surface area contributed by atoms with Gasteiger partial charge in [-0.2, -0.15) is 0 Å². The van der Waals surface area contributed by atoms with Crippen molar-refractivity contribution in [3.8, 4) is 0 Å². The van der Waals surface area contributed by atoms with Crippen molar-refractivity contribution in [3.05, 3.63) is 109 Å². The van der Waals surface area contributed by atoms with Crippen LogP contribution in [0.4, 0.5) is 0 Å². The Labute approximate surface area is 357 Å². The largest absolute Gasteiger partial charge is 0.472 e. The lowest BCUT2D eigenvalue weighted by Crippen LogP contribution is -2.37. The van der Waals surface area contributed by atoms with Crippen molar-refractivity contribution in [2.45, 2.75) is 129 Å². The summed E-state index contributed by atoms with van der Waals surface area (Å²) in [6.45, 7) is 3.96. The van der Waals surface area contributed by atoms with Gasteiger partial charge in [0.2, 0.25) is 0 Å².